The Morgan fingerprint density at radius 1 is 0.524 bits per heavy atom. The molecule has 1 aliphatic carbocycles. The van der Waals surface area contributed by atoms with Gasteiger partial charge in [-0.2, -0.15) is 0 Å². The molecule has 1 aromatic heterocycles. The van der Waals surface area contributed by atoms with Gasteiger partial charge < -0.3 is 4.90 Å². The average molecular weight is 560 g/mol. The fourth-order valence-electron chi connectivity index (χ4n) is 7.14. The molecular formula is C40H33NS. The van der Waals surface area contributed by atoms with Crippen LogP contribution >= 0.6 is 11.3 Å². The normalized spacial score (nSPS) is 14.1. The van der Waals surface area contributed by atoms with Gasteiger partial charge in [0.05, 0.1) is 16.1 Å². The molecule has 0 unspecified atom stereocenters. The first-order chi connectivity index (χ1) is 20.9. The molecule has 6 aromatic carbocycles. The molecule has 0 aliphatic heterocycles. The minimum atomic E-state index is 0.633. The van der Waals surface area contributed by atoms with E-state index in [9.17, 15) is 0 Å². The van der Waals surface area contributed by atoms with Crippen LogP contribution in [0.2, 0.25) is 0 Å². The molecule has 7 aromatic rings. The Balaban J connectivity index is 1.40. The number of anilines is 3. The molecule has 1 heterocycles. The average Bonchev–Trinajstić information content (AvgIpc) is 3.45. The molecule has 42 heavy (non-hydrogen) atoms. The smallest absolute Gasteiger partial charge is 0.0640 e. The van der Waals surface area contributed by atoms with Gasteiger partial charge in [0.2, 0.25) is 0 Å². The van der Waals surface area contributed by atoms with Crippen LogP contribution in [0.1, 0.15) is 43.6 Å². The molecule has 0 bridgehead atoms. The largest absolute Gasteiger partial charge is 0.308 e. The Morgan fingerprint density at radius 2 is 1.19 bits per heavy atom. The lowest BCUT2D eigenvalue weighted by Crippen LogP contribution is -2.11. The first kappa shape index (κ1) is 25.3. The second kappa shape index (κ2) is 10.8. The summed E-state index contributed by atoms with van der Waals surface area (Å²) in [7, 11) is 0. The van der Waals surface area contributed by atoms with E-state index in [2.05, 4.69) is 138 Å². The molecule has 8 rings (SSSR count). The summed E-state index contributed by atoms with van der Waals surface area (Å²) < 4.78 is 2.64. The van der Waals surface area contributed by atoms with E-state index >= 15 is 0 Å². The van der Waals surface area contributed by atoms with Crippen LogP contribution in [-0.4, -0.2) is 0 Å². The van der Waals surface area contributed by atoms with Crippen LogP contribution < -0.4 is 4.90 Å². The van der Waals surface area contributed by atoms with Crippen molar-refractivity contribution in [2.24, 2.45) is 0 Å². The Bertz CT molecular complexity index is 2030. The SMILES string of the molecule is c1ccc(N(c2ccccc2-c2cccc3cccc(C4CCCCC4)c23)c2cccc3c2sc2ccccc23)cc1. The predicted octanol–water partition coefficient (Wildman–Crippen LogP) is 12.4. The van der Waals surface area contributed by atoms with Crippen molar-refractivity contribution in [2.75, 3.05) is 4.90 Å². The summed E-state index contributed by atoms with van der Waals surface area (Å²) >= 11 is 1.89. The molecule has 1 aliphatic rings. The first-order valence-electron chi connectivity index (χ1n) is 15.2. The van der Waals surface area contributed by atoms with Gasteiger partial charge in [-0.3, -0.25) is 0 Å². The topological polar surface area (TPSA) is 3.24 Å². The molecular weight excluding hydrogens is 527 g/mol. The van der Waals surface area contributed by atoms with Gasteiger partial charge in [-0.05, 0) is 71.0 Å². The Morgan fingerprint density at radius 3 is 2.07 bits per heavy atom. The highest BCUT2D eigenvalue weighted by molar-refractivity contribution is 7.26. The van der Waals surface area contributed by atoms with E-state index in [1.807, 2.05) is 11.3 Å². The molecule has 0 spiro atoms. The fraction of sp³-hybridized carbons (Fsp3) is 0.150. The number of rotatable bonds is 5. The lowest BCUT2D eigenvalue weighted by molar-refractivity contribution is 0.445. The fourth-order valence-corrected chi connectivity index (χ4v) is 8.34. The maximum absolute atomic E-state index is 2.48. The van der Waals surface area contributed by atoms with Crippen LogP contribution in [0.5, 0.6) is 0 Å². The zero-order valence-electron chi connectivity index (χ0n) is 23.7. The first-order valence-corrected chi connectivity index (χ1v) is 16.0. The van der Waals surface area contributed by atoms with E-state index < -0.39 is 0 Å². The molecule has 0 atom stereocenters. The lowest BCUT2D eigenvalue weighted by atomic mass is 9.80. The lowest BCUT2D eigenvalue weighted by Gasteiger charge is -2.29. The molecule has 1 nitrogen and oxygen atoms in total. The van der Waals surface area contributed by atoms with E-state index in [1.165, 1.54) is 96.8 Å². The van der Waals surface area contributed by atoms with Crippen molar-refractivity contribution in [3.63, 3.8) is 0 Å². The summed E-state index contributed by atoms with van der Waals surface area (Å²) in [4.78, 5) is 2.48. The Hall–Kier alpha value is -4.40. The van der Waals surface area contributed by atoms with Crippen molar-refractivity contribution in [2.45, 2.75) is 38.0 Å². The molecule has 0 amide bonds. The van der Waals surface area contributed by atoms with Crippen LogP contribution in [0.15, 0.2) is 133 Å². The maximum Gasteiger partial charge on any atom is 0.0640 e. The number of hydrogen-bond donors (Lipinski definition) is 0. The van der Waals surface area contributed by atoms with E-state index in [0.717, 1.165) is 0 Å². The van der Waals surface area contributed by atoms with E-state index in [1.54, 1.807) is 0 Å². The summed E-state index contributed by atoms with van der Waals surface area (Å²) in [6.07, 6.45) is 6.62. The van der Waals surface area contributed by atoms with E-state index in [-0.39, 0.29) is 0 Å². The quantitative estimate of drug-likeness (QED) is 0.203. The highest BCUT2D eigenvalue weighted by Crippen LogP contribution is 2.48. The highest BCUT2D eigenvalue weighted by atomic mass is 32.1. The number of benzene rings is 6. The second-order valence-electron chi connectivity index (χ2n) is 11.5. The number of fused-ring (bicyclic) bond motifs is 4. The summed E-state index contributed by atoms with van der Waals surface area (Å²) in [5, 5.41) is 5.40. The van der Waals surface area contributed by atoms with Crippen molar-refractivity contribution in [1.29, 1.82) is 0 Å². The van der Waals surface area contributed by atoms with Gasteiger partial charge in [-0.15, -0.1) is 11.3 Å². The van der Waals surface area contributed by atoms with Crippen LogP contribution in [0.4, 0.5) is 17.1 Å². The van der Waals surface area contributed by atoms with Crippen molar-refractivity contribution < 1.29 is 0 Å². The monoisotopic (exact) mass is 559 g/mol. The van der Waals surface area contributed by atoms with Crippen LogP contribution in [0, 0.1) is 0 Å². The molecule has 0 saturated heterocycles. The molecule has 0 N–H and O–H groups in total. The third-order valence-electron chi connectivity index (χ3n) is 9.06. The minimum Gasteiger partial charge on any atom is -0.308 e. The molecule has 1 fully saturated rings. The summed E-state index contributed by atoms with van der Waals surface area (Å²) in [5.41, 5.74) is 7.72. The van der Waals surface area contributed by atoms with Gasteiger partial charge in [0.1, 0.15) is 0 Å². The van der Waals surface area contributed by atoms with Crippen molar-refractivity contribution in [3.8, 4) is 11.1 Å². The molecule has 0 radical (unpaired) electrons. The van der Waals surface area contributed by atoms with Crippen LogP contribution in [0.3, 0.4) is 0 Å². The van der Waals surface area contributed by atoms with Gasteiger partial charge in [0, 0.05) is 26.7 Å². The number of nitrogens with zero attached hydrogens (tertiary/aromatic N) is 1. The highest BCUT2D eigenvalue weighted by Gasteiger charge is 2.23. The van der Waals surface area contributed by atoms with Gasteiger partial charge >= 0.3 is 0 Å². The van der Waals surface area contributed by atoms with Crippen molar-refractivity contribution >= 4 is 59.3 Å². The minimum absolute atomic E-state index is 0.633. The second-order valence-corrected chi connectivity index (χ2v) is 12.6. The van der Waals surface area contributed by atoms with Gasteiger partial charge in [-0.25, -0.2) is 0 Å². The molecule has 1 saturated carbocycles. The summed E-state index contributed by atoms with van der Waals surface area (Å²) in [6.45, 7) is 0. The van der Waals surface area contributed by atoms with Crippen LogP contribution in [0.25, 0.3) is 42.1 Å². The Labute approximate surface area is 251 Å². The Kier molecular flexibility index (Phi) is 6.50. The maximum atomic E-state index is 2.48. The number of thiophene rings is 1. The van der Waals surface area contributed by atoms with Crippen LogP contribution in [-0.2, 0) is 0 Å². The van der Waals surface area contributed by atoms with Crippen molar-refractivity contribution in [1.82, 2.24) is 0 Å². The number of para-hydroxylation sites is 2. The summed E-state index contributed by atoms with van der Waals surface area (Å²) in [6, 6.07) is 49.3. The predicted molar refractivity (Wildman–Crippen MR) is 183 cm³/mol. The van der Waals surface area contributed by atoms with Crippen molar-refractivity contribution in [3.05, 3.63) is 139 Å². The summed E-state index contributed by atoms with van der Waals surface area (Å²) in [5.74, 6) is 0.633. The molecule has 204 valence electrons. The van der Waals surface area contributed by atoms with E-state index in [0.29, 0.717) is 5.92 Å². The standard InChI is InChI=1S/C40H33NS/c1-3-14-28(15-4-1)31-22-11-16-29-17-12-23-34(39(29)31)32-20-7-9-25-36(32)41(30-18-5-2-6-19-30)37-26-13-24-35-33-21-8-10-27-38(33)42-40(35)37/h2,5-13,16-28H,1,3-4,14-15H2. The zero-order chi connectivity index (χ0) is 27.9. The third kappa shape index (κ3) is 4.30. The number of hydrogen-bond acceptors (Lipinski definition) is 2. The third-order valence-corrected chi connectivity index (χ3v) is 10.3. The zero-order valence-corrected chi connectivity index (χ0v) is 24.5. The van der Waals surface area contributed by atoms with Gasteiger partial charge in [0.15, 0.2) is 0 Å². The van der Waals surface area contributed by atoms with Gasteiger partial charge in [-0.1, -0.05) is 122 Å². The van der Waals surface area contributed by atoms with Gasteiger partial charge in [0.25, 0.3) is 0 Å². The van der Waals surface area contributed by atoms with E-state index in [4.69, 9.17) is 0 Å². The molecule has 2 heteroatoms.